The van der Waals surface area contributed by atoms with E-state index in [9.17, 15) is 10.2 Å². The standard InChI is InChI=1S/C58H103NO6Si/c1-11-12-13-14-15-16-17-18-19-20-21-22-23-24-27-38-56(65-66(9,10)62-47-29-26-25-28-42-59(43-45-60)44-46-61)63-55-48-54-39-41-58(8,64-57(54)53(7)52(55)6)40-32-37-51(5)36-31-35-50(4)34-30-33-49(2)3/h18-19,33,35,37,48,56,60-61H,11-17,20-32,34,36,38-47H2,1-10H3/b19-18-,50-35+,51-37+. The number of allylic oxidation sites excluding steroid dienone is 8. The van der Waals surface area contributed by atoms with Crippen LogP contribution < -0.4 is 9.47 Å². The van der Waals surface area contributed by atoms with E-state index in [4.69, 9.17) is 18.3 Å². The normalized spacial score (nSPS) is 16.3. The van der Waals surface area contributed by atoms with Crippen LogP contribution in [0.1, 0.15) is 219 Å². The number of hydrogen-bond donors (Lipinski definition) is 2. The van der Waals surface area contributed by atoms with Crippen LogP contribution in [0.2, 0.25) is 13.1 Å². The zero-order valence-electron chi connectivity index (χ0n) is 44.6. The predicted molar refractivity (Wildman–Crippen MR) is 285 cm³/mol. The zero-order valence-corrected chi connectivity index (χ0v) is 45.6. The Morgan fingerprint density at radius 1 is 0.727 bits per heavy atom. The van der Waals surface area contributed by atoms with Crippen LogP contribution in [0, 0.1) is 13.8 Å². The second-order valence-corrected chi connectivity index (χ2v) is 24.0. The van der Waals surface area contributed by atoms with Crippen LogP contribution >= 0.6 is 0 Å². The first-order chi connectivity index (χ1) is 31.7. The fourth-order valence-corrected chi connectivity index (χ4v) is 10.5. The molecule has 7 nitrogen and oxygen atoms in total. The zero-order chi connectivity index (χ0) is 48.5. The molecule has 66 heavy (non-hydrogen) atoms. The summed E-state index contributed by atoms with van der Waals surface area (Å²) in [6.45, 7) is 25.3. The van der Waals surface area contributed by atoms with E-state index in [2.05, 4.69) is 110 Å². The Morgan fingerprint density at radius 3 is 1.94 bits per heavy atom. The average molecular weight is 939 g/mol. The molecule has 1 heterocycles. The molecule has 0 fully saturated rings. The number of ether oxygens (including phenoxy) is 2. The summed E-state index contributed by atoms with van der Waals surface area (Å²) in [5.74, 6) is 1.96. The third-order valence-corrected chi connectivity index (χ3v) is 15.2. The third-order valence-electron chi connectivity index (χ3n) is 13.5. The number of aryl methyl sites for hydroxylation is 1. The minimum atomic E-state index is -2.49. The first-order valence-electron chi connectivity index (χ1n) is 27.1. The summed E-state index contributed by atoms with van der Waals surface area (Å²) in [6.07, 6.45) is 41.9. The predicted octanol–water partition coefficient (Wildman–Crippen LogP) is 15.9. The fourth-order valence-electron chi connectivity index (χ4n) is 8.96. The Kier molecular flexibility index (Phi) is 32.5. The molecule has 1 aromatic rings. The molecular formula is C58H103NO6Si. The fraction of sp³-hybridized carbons (Fsp3) is 0.759. The summed E-state index contributed by atoms with van der Waals surface area (Å²) in [4.78, 5) is 2.13. The second kappa shape index (κ2) is 35.8. The van der Waals surface area contributed by atoms with Crippen molar-refractivity contribution in [3.05, 3.63) is 69.9 Å². The summed E-state index contributed by atoms with van der Waals surface area (Å²) in [7, 11) is -2.49. The molecule has 380 valence electrons. The molecular weight excluding hydrogens is 835 g/mol. The summed E-state index contributed by atoms with van der Waals surface area (Å²) in [6, 6.07) is 2.24. The van der Waals surface area contributed by atoms with Crippen LogP contribution in [0.25, 0.3) is 0 Å². The van der Waals surface area contributed by atoms with Crippen molar-refractivity contribution in [1.82, 2.24) is 4.90 Å². The maximum atomic E-state index is 9.31. The Balaban J connectivity index is 1.99. The average Bonchev–Trinajstić information content (AvgIpc) is 3.26. The Labute approximate surface area is 408 Å². The van der Waals surface area contributed by atoms with Gasteiger partial charge in [-0.05, 0) is 187 Å². The maximum Gasteiger partial charge on any atom is 0.334 e. The summed E-state index contributed by atoms with van der Waals surface area (Å²) in [5.41, 5.74) is 7.74. The molecule has 0 spiro atoms. The minimum Gasteiger partial charge on any atom is -0.487 e. The number of benzene rings is 1. The van der Waals surface area contributed by atoms with Crippen molar-refractivity contribution in [2.75, 3.05) is 39.5 Å². The molecule has 0 amide bonds. The van der Waals surface area contributed by atoms with Crippen molar-refractivity contribution in [1.29, 1.82) is 0 Å². The van der Waals surface area contributed by atoms with Crippen molar-refractivity contribution in [3.8, 4) is 11.5 Å². The Bertz CT molecular complexity index is 1540. The van der Waals surface area contributed by atoms with Gasteiger partial charge in [0.05, 0.1) is 13.2 Å². The van der Waals surface area contributed by atoms with Crippen LogP contribution in [0.5, 0.6) is 11.5 Å². The first kappa shape index (κ1) is 59.9. The van der Waals surface area contributed by atoms with E-state index in [1.165, 1.54) is 105 Å². The molecule has 0 saturated carbocycles. The van der Waals surface area contributed by atoms with Gasteiger partial charge >= 0.3 is 8.56 Å². The summed E-state index contributed by atoms with van der Waals surface area (Å²) in [5, 5.41) is 18.6. The van der Waals surface area contributed by atoms with E-state index < -0.39 is 8.56 Å². The Morgan fingerprint density at radius 2 is 1.30 bits per heavy atom. The van der Waals surface area contributed by atoms with Gasteiger partial charge < -0.3 is 28.5 Å². The molecule has 0 radical (unpaired) electrons. The van der Waals surface area contributed by atoms with Gasteiger partial charge in [0.2, 0.25) is 0 Å². The molecule has 0 aliphatic carbocycles. The van der Waals surface area contributed by atoms with Gasteiger partial charge in [0.1, 0.15) is 17.1 Å². The molecule has 2 atom stereocenters. The highest BCUT2D eigenvalue weighted by Gasteiger charge is 2.34. The molecule has 8 heteroatoms. The van der Waals surface area contributed by atoms with E-state index in [0.29, 0.717) is 19.7 Å². The van der Waals surface area contributed by atoms with Crippen LogP contribution in [-0.4, -0.2) is 75.0 Å². The first-order valence-corrected chi connectivity index (χ1v) is 29.9. The van der Waals surface area contributed by atoms with Crippen LogP contribution in [0.4, 0.5) is 0 Å². The summed E-state index contributed by atoms with van der Waals surface area (Å²) < 4.78 is 27.2. The monoisotopic (exact) mass is 938 g/mol. The second-order valence-electron chi connectivity index (χ2n) is 20.7. The molecule has 1 aliphatic heterocycles. The number of hydrogen-bond acceptors (Lipinski definition) is 7. The number of aliphatic hydroxyl groups is 2. The lowest BCUT2D eigenvalue weighted by atomic mass is 9.86. The highest BCUT2D eigenvalue weighted by molar-refractivity contribution is 6.64. The van der Waals surface area contributed by atoms with Crippen LogP contribution in [-0.2, 0) is 15.3 Å². The van der Waals surface area contributed by atoms with Gasteiger partial charge in [-0.2, -0.15) is 0 Å². The third kappa shape index (κ3) is 27.7. The van der Waals surface area contributed by atoms with Gasteiger partial charge in [0.25, 0.3) is 0 Å². The molecule has 2 unspecified atom stereocenters. The highest BCUT2D eigenvalue weighted by Crippen LogP contribution is 2.43. The Hall–Kier alpha value is -2.20. The summed E-state index contributed by atoms with van der Waals surface area (Å²) >= 11 is 0. The van der Waals surface area contributed by atoms with Crippen molar-refractivity contribution < 1.29 is 28.5 Å². The number of rotatable bonds is 40. The van der Waals surface area contributed by atoms with Crippen LogP contribution in [0.3, 0.4) is 0 Å². The quantitative estimate of drug-likeness (QED) is 0.0294. The topological polar surface area (TPSA) is 80.6 Å². The lowest BCUT2D eigenvalue weighted by molar-refractivity contribution is -0.0312. The van der Waals surface area contributed by atoms with Gasteiger partial charge in [0, 0.05) is 26.1 Å². The number of aliphatic hydroxyl groups excluding tert-OH is 2. The molecule has 0 bridgehead atoms. The molecule has 2 N–H and O–H groups in total. The van der Waals surface area contributed by atoms with Gasteiger partial charge in [-0.1, -0.05) is 118 Å². The maximum absolute atomic E-state index is 9.31. The molecule has 1 aliphatic rings. The molecule has 0 aromatic heterocycles. The lowest BCUT2D eigenvalue weighted by Crippen LogP contribution is -2.41. The minimum absolute atomic E-state index is 0.129. The van der Waals surface area contributed by atoms with Gasteiger partial charge in [-0.25, -0.2) is 0 Å². The van der Waals surface area contributed by atoms with E-state index in [1.807, 2.05) is 0 Å². The smallest absolute Gasteiger partial charge is 0.334 e. The molecule has 0 saturated heterocycles. The van der Waals surface area contributed by atoms with E-state index in [1.54, 1.807) is 0 Å². The highest BCUT2D eigenvalue weighted by atomic mass is 28.4. The van der Waals surface area contributed by atoms with Crippen molar-refractivity contribution in [3.63, 3.8) is 0 Å². The lowest BCUT2D eigenvalue weighted by Gasteiger charge is -2.37. The van der Waals surface area contributed by atoms with E-state index >= 15 is 0 Å². The SMILES string of the molecule is CCCCCCCC/C=C\CCCCCCCC(Oc1cc2c(c(C)c1C)OC(C)(CC/C=C(\C)CC/C=C(\C)CCC=C(C)C)CC2)O[Si](C)(C)OCCCCCCN(CCO)CCO. The largest absolute Gasteiger partial charge is 0.487 e. The van der Waals surface area contributed by atoms with Crippen molar-refractivity contribution >= 4 is 8.56 Å². The van der Waals surface area contributed by atoms with Gasteiger partial charge in [0.15, 0.2) is 6.29 Å². The number of nitrogens with zero attached hydrogens (tertiary/aromatic N) is 1. The van der Waals surface area contributed by atoms with Crippen molar-refractivity contribution in [2.24, 2.45) is 0 Å². The van der Waals surface area contributed by atoms with Gasteiger partial charge in [-0.3, -0.25) is 4.90 Å². The van der Waals surface area contributed by atoms with Crippen molar-refractivity contribution in [2.45, 2.75) is 247 Å². The molecule has 2 rings (SSSR count). The number of fused-ring (bicyclic) bond motifs is 1. The number of unbranched alkanes of at least 4 members (excludes halogenated alkanes) is 14. The van der Waals surface area contributed by atoms with Gasteiger partial charge in [-0.15, -0.1) is 0 Å². The molecule has 1 aromatic carbocycles. The van der Waals surface area contributed by atoms with Crippen LogP contribution in [0.15, 0.2) is 53.2 Å². The van der Waals surface area contributed by atoms with E-state index in [-0.39, 0.29) is 25.1 Å². The van der Waals surface area contributed by atoms with E-state index in [0.717, 1.165) is 113 Å².